The molecule has 0 aliphatic rings. The van der Waals surface area contributed by atoms with Gasteiger partial charge in [0.2, 0.25) is 0 Å². The van der Waals surface area contributed by atoms with E-state index in [4.69, 9.17) is 5.26 Å². The molecule has 4 aromatic rings. The fraction of sp³-hybridized carbons (Fsp3) is 0.0833. The topological polar surface area (TPSA) is 41.6 Å². The molecule has 1 aromatic heterocycles. The Morgan fingerprint density at radius 2 is 1.44 bits per heavy atom. The lowest BCUT2D eigenvalue weighted by molar-refractivity contribution is 0.753. The maximum Gasteiger partial charge on any atom is 0.0991 e. The first-order valence-corrected chi connectivity index (χ1v) is 8.94. The SMILES string of the molecule is N#Cc1ccc(Cc2cncn2Cc2ccc(-c3ccccc3)cc2)cc1. The van der Waals surface area contributed by atoms with Gasteiger partial charge in [-0.25, -0.2) is 4.98 Å². The first-order chi connectivity index (χ1) is 13.3. The van der Waals surface area contributed by atoms with Crippen molar-refractivity contribution in [3.8, 4) is 17.2 Å². The van der Waals surface area contributed by atoms with Crippen molar-refractivity contribution in [3.05, 3.63) is 114 Å². The Hall–Kier alpha value is -3.64. The third-order valence-electron chi connectivity index (χ3n) is 4.68. The molecule has 0 unspecified atom stereocenters. The van der Waals surface area contributed by atoms with Crippen molar-refractivity contribution in [1.82, 2.24) is 9.55 Å². The molecule has 3 aromatic carbocycles. The largest absolute Gasteiger partial charge is 0.330 e. The summed E-state index contributed by atoms with van der Waals surface area (Å²) in [6.45, 7) is 0.792. The Labute approximate surface area is 159 Å². The van der Waals surface area contributed by atoms with Crippen LogP contribution in [0.3, 0.4) is 0 Å². The average Bonchev–Trinajstić information content (AvgIpc) is 3.16. The molecule has 0 N–H and O–H groups in total. The standard InChI is InChI=1S/C24H19N3/c25-15-20-8-6-19(7-9-20)14-24-16-26-18-27(24)17-21-10-12-23(13-11-21)22-4-2-1-3-5-22/h1-13,16,18H,14,17H2. The average molecular weight is 349 g/mol. The van der Waals surface area contributed by atoms with Gasteiger partial charge in [-0.05, 0) is 34.4 Å². The second-order valence-corrected chi connectivity index (χ2v) is 6.56. The highest BCUT2D eigenvalue weighted by Crippen LogP contribution is 2.20. The predicted molar refractivity (Wildman–Crippen MR) is 107 cm³/mol. The molecule has 3 nitrogen and oxygen atoms in total. The third kappa shape index (κ3) is 3.96. The highest BCUT2D eigenvalue weighted by Gasteiger charge is 2.05. The summed E-state index contributed by atoms with van der Waals surface area (Å²) < 4.78 is 2.18. The quantitative estimate of drug-likeness (QED) is 0.505. The van der Waals surface area contributed by atoms with Crippen molar-refractivity contribution in [3.63, 3.8) is 0 Å². The van der Waals surface area contributed by atoms with E-state index in [0.717, 1.165) is 18.7 Å². The minimum atomic E-state index is 0.686. The van der Waals surface area contributed by atoms with E-state index in [0.29, 0.717) is 5.56 Å². The smallest absolute Gasteiger partial charge is 0.0991 e. The van der Waals surface area contributed by atoms with E-state index < -0.39 is 0 Å². The van der Waals surface area contributed by atoms with E-state index in [1.807, 2.05) is 42.9 Å². The van der Waals surface area contributed by atoms with Crippen LogP contribution in [-0.2, 0) is 13.0 Å². The summed E-state index contributed by atoms with van der Waals surface area (Å²) >= 11 is 0. The molecule has 0 fully saturated rings. The summed E-state index contributed by atoms with van der Waals surface area (Å²) in [6.07, 6.45) is 4.59. The van der Waals surface area contributed by atoms with Gasteiger partial charge in [0.15, 0.2) is 0 Å². The van der Waals surface area contributed by atoms with Crippen LogP contribution < -0.4 is 0 Å². The fourth-order valence-corrected chi connectivity index (χ4v) is 3.17. The number of aromatic nitrogens is 2. The number of imidazole rings is 1. The maximum absolute atomic E-state index is 8.92. The van der Waals surface area contributed by atoms with Gasteiger partial charge >= 0.3 is 0 Å². The second-order valence-electron chi connectivity index (χ2n) is 6.56. The maximum atomic E-state index is 8.92. The van der Waals surface area contributed by atoms with Crippen LogP contribution in [0.25, 0.3) is 11.1 Å². The molecule has 130 valence electrons. The molecule has 0 spiro atoms. The van der Waals surface area contributed by atoms with Gasteiger partial charge in [0.05, 0.1) is 18.0 Å². The van der Waals surface area contributed by atoms with Gasteiger partial charge in [-0.3, -0.25) is 0 Å². The lowest BCUT2D eigenvalue weighted by Gasteiger charge is -2.10. The lowest BCUT2D eigenvalue weighted by atomic mass is 10.0. The van der Waals surface area contributed by atoms with Crippen LogP contribution >= 0.6 is 0 Å². The van der Waals surface area contributed by atoms with Crippen LogP contribution in [0, 0.1) is 11.3 Å². The second kappa shape index (κ2) is 7.72. The van der Waals surface area contributed by atoms with Gasteiger partial charge in [0.1, 0.15) is 0 Å². The molecule has 27 heavy (non-hydrogen) atoms. The van der Waals surface area contributed by atoms with Crippen LogP contribution in [0.15, 0.2) is 91.4 Å². The van der Waals surface area contributed by atoms with E-state index in [9.17, 15) is 0 Å². The summed E-state index contributed by atoms with van der Waals surface area (Å²) in [5, 5.41) is 8.92. The fourth-order valence-electron chi connectivity index (χ4n) is 3.17. The number of nitriles is 1. The van der Waals surface area contributed by atoms with Crippen LogP contribution in [0.4, 0.5) is 0 Å². The van der Waals surface area contributed by atoms with E-state index in [-0.39, 0.29) is 0 Å². The van der Waals surface area contributed by atoms with Gasteiger partial charge in [0.25, 0.3) is 0 Å². The monoisotopic (exact) mass is 349 g/mol. The van der Waals surface area contributed by atoms with Crippen molar-refractivity contribution in [1.29, 1.82) is 5.26 Å². The van der Waals surface area contributed by atoms with E-state index in [1.54, 1.807) is 0 Å². The Bertz CT molecular complexity index is 1050. The Kier molecular flexibility index (Phi) is 4.80. The van der Waals surface area contributed by atoms with Crippen LogP contribution in [-0.4, -0.2) is 9.55 Å². The predicted octanol–water partition coefficient (Wildman–Crippen LogP) is 5.06. The summed E-state index contributed by atoms with van der Waals surface area (Å²) in [4.78, 5) is 4.32. The molecule has 0 saturated heterocycles. The summed E-state index contributed by atoms with van der Waals surface area (Å²) in [5.74, 6) is 0. The van der Waals surface area contributed by atoms with Crippen molar-refractivity contribution in [2.24, 2.45) is 0 Å². The zero-order valence-electron chi connectivity index (χ0n) is 14.9. The minimum Gasteiger partial charge on any atom is -0.330 e. The normalized spacial score (nSPS) is 10.5. The number of hydrogen-bond acceptors (Lipinski definition) is 2. The van der Waals surface area contributed by atoms with Gasteiger partial charge in [-0.1, -0.05) is 66.7 Å². The highest BCUT2D eigenvalue weighted by molar-refractivity contribution is 5.63. The molecule has 1 heterocycles. The van der Waals surface area contributed by atoms with Crippen LogP contribution in [0.1, 0.15) is 22.4 Å². The van der Waals surface area contributed by atoms with Gasteiger partial charge in [-0.2, -0.15) is 5.26 Å². The Morgan fingerprint density at radius 3 is 2.15 bits per heavy atom. The molecular formula is C24H19N3. The number of hydrogen-bond donors (Lipinski definition) is 0. The van der Waals surface area contributed by atoms with Gasteiger partial charge in [0, 0.05) is 24.9 Å². The van der Waals surface area contributed by atoms with Crippen LogP contribution in [0.2, 0.25) is 0 Å². The molecule has 0 aliphatic carbocycles. The first kappa shape index (κ1) is 16.8. The molecule has 0 radical (unpaired) electrons. The number of benzene rings is 3. The lowest BCUT2D eigenvalue weighted by Crippen LogP contribution is -2.04. The minimum absolute atomic E-state index is 0.686. The molecule has 3 heteroatoms. The van der Waals surface area contributed by atoms with E-state index >= 15 is 0 Å². The Morgan fingerprint density at radius 1 is 0.778 bits per heavy atom. The molecule has 0 amide bonds. The van der Waals surface area contributed by atoms with E-state index in [2.05, 4.69) is 64.2 Å². The van der Waals surface area contributed by atoms with Gasteiger partial charge in [-0.15, -0.1) is 0 Å². The summed E-state index contributed by atoms with van der Waals surface area (Å²) in [6, 6.07) is 29.0. The summed E-state index contributed by atoms with van der Waals surface area (Å²) in [5.41, 5.74) is 6.72. The number of rotatable bonds is 5. The molecule has 0 saturated carbocycles. The Balaban J connectivity index is 1.49. The number of nitrogens with zero attached hydrogens (tertiary/aromatic N) is 3. The van der Waals surface area contributed by atoms with Crippen molar-refractivity contribution < 1.29 is 0 Å². The van der Waals surface area contributed by atoms with Gasteiger partial charge < -0.3 is 4.57 Å². The third-order valence-corrected chi connectivity index (χ3v) is 4.68. The molecule has 0 aliphatic heterocycles. The van der Waals surface area contributed by atoms with Crippen molar-refractivity contribution in [2.45, 2.75) is 13.0 Å². The zero-order chi connectivity index (χ0) is 18.5. The molecular weight excluding hydrogens is 330 g/mol. The van der Waals surface area contributed by atoms with Crippen molar-refractivity contribution >= 4 is 0 Å². The zero-order valence-corrected chi connectivity index (χ0v) is 14.9. The summed E-state index contributed by atoms with van der Waals surface area (Å²) in [7, 11) is 0. The molecule has 0 bridgehead atoms. The molecule has 4 rings (SSSR count). The highest BCUT2D eigenvalue weighted by atomic mass is 15.0. The molecule has 0 atom stereocenters. The first-order valence-electron chi connectivity index (χ1n) is 8.94. The van der Waals surface area contributed by atoms with Crippen LogP contribution in [0.5, 0.6) is 0 Å². The van der Waals surface area contributed by atoms with Crippen molar-refractivity contribution in [2.75, 3.05) is 0 Å². The van der Waals surface area contributed by atoms with E-state index in [1.165, 1.54) is 22.3 Å².